The van der Waals surface area contributed by atoms with Crippen LogP contribution in [0.1, 0.15) is 1.37 Å². The Morgan fingerprint density at radius 3 is 3.56 bits per heavy atom. The molecule has 2 rings (SSSR count). The molecular weight excluding hydrogens is 114 g/mol. The number of imidazole rings is 1. The van der Waals surface area contributed by atoms with Crippen LogP contribution in [0.3, 0.4) is 0 Å². The van der Waals surface area contributed by atoms with E-state index in [-0.39, 0.29) is 0 Å². The van der Waals surface area contributed by atoms with Gasteiger partial charge in [0.25, 0.3) is 0 Å². The first-order chi connectivity index (χ1) is 4.88. The van der Waals surface area contributed by atoms with Gasteiger partial charge >= 0.3 is 0 Å². The SMILES string of the molecule is [2H]c1cncc2nc[nH]c12. The summed E-state index contributed by atoms with van der Waals surface area (Å²) in [5.41, 5.74) is 1.49. The number of H-pyrrole nitrogens is 1. The average Bonchev–Trinajstić information content (AvgIpc) is 2.36. The summed E-state index contributed by atoms with van der Waals surface area (Å²) in [6, 6.07) is 0.384. The van der Waals surface area contributed by atoms with E-state index in [0.29, 0.717) is 6.04 Å². The van der Waals surface area contributed by atoms with Crippen molar-refractivity contribution >= 4 is 11.0 Å². The predicted octanol–water partition coefficient (Wildman–Crippen LogP) is 0.958. The Labute approximate surface area is 53.2 Å². The van der Waals surface area contributed by atoms with Crippen molar-refractivity contribution in [3.63, 3.8) is 0 Å². The maximum absolute atomic E-state index is 7.35. The van der Waals surface area contributed by atoms with Crippen molar-refractivity contribution in [2.45, 2.75) is 0 Å². The van der Waals surface area contributed by atoms with Crippen molar-refractivity contribution in [3.8, 4) is 0 Å². The van der Waals surface area contributed by atoms with Crippen molar-refractivity contribution in [3.05, 3.63) is 24.8 Å². The van der Waals surface area contributed by atoms with E-state index in [9.17, 15) is 0 Å². The van der Waals surface area contributed by atoms with Gasteiger partial charge in [-0.15, -0.1) is 0 Å². The molecule has 0 radical (unpaired) electrons. The Kier molecular flexibility index (Phi) is 0.621. The Bertz CT molecular complexity index is 355. The summed E-state index contributed by atoms with van der Waals surface area (Å²) in [6.45, 7) is 0. The lowest BCUT2D eigenvalue weighted by atomic mass is 10.4. The maximum Gasteiger partial charge on any atom is 0.107 e. The second-order valence-electron chi connectivity index (χ2n) is 1.71. The topological polar surface area (TPSA) is 41.6 Å². The van der Waals surface area contributed by atoms with Gasteiger partial charge in [0.05, 0.1) is 19.4 Å². The second kappa shape index (κ2) is 1.55. The minimum Gasteiger partial charge on any atom is -0.345 e. The first-order valence-electron chi connectivity index (χ1n) is 3.11. The molecule has 0 unspecified atom stereocenters. The Balaban J connectivity index is 2.95. The number of hydrogen-bond donors (Lipinski definition) is 1. The molecule has 2 aromatic rings. The van der Waals surface area contributed by atoms with E-state index >= 15 is 0 Å². The van der Waals surface area contributed by atoms with E-state index in [4.69, 9.17) is 1.37 Å². The zero-order chi connectivity index (χ0) is 6.97. The Morgan fingerprint density at radius 2 is 2.67 bits per heavy atom. The van der Waals surface area contributed by atoms with Crippen LogP contribution in [0, 0.1) is 0 Å². The van der Waals surface area contributed by atoms with Crippen LogP contribution in [-0.2, 0) is 0 Å². The molecule has 0 aliphatic heterocycles. The Hall–Kier alpha value is -1.38. The summed E-state index contributed by atoms with van der Waals surface area (Å²) >= 11 is 0. The van der Waals surface area contributed by atoms with Crippen molar-refractivity contribution < 1.29 is 1.37 Å². The standard InChI is InChI=1S/C6H5N3/c1-2-7-3-6-5(1)8-4-9-6/h1-4H,(H,8,9)/i1D. The van der Waals surface area contributed by atoms with Crippen LogP contribution >= 0.6 is 0 Å². The molecule has 9 heavy (non-hydrogen) atoms. The van der Waals surface area contributed by atoms with Crippen molar-refractivity contribution in [1.29, 1.82) is 0 Å². The van der Waals surface area contributed by atoms with Crippen LogP contribution in [0.5, 0.6) is 0 Å². The molecule has 2 heterocycles. The lowest BCUT2D eigenvalue weighted by Crippen LogP contribution is -1.69. The van der Waals surface area contributed by atoms with Gasteiger partial charge in [0.15, 0.2) is 0 Å². The van der Waals surface area contributed by atoms with Gasteiger partial charge in [0, 0.05) is 6.20 Å². The minimum absolute atomic E-state index is 0.384. The fourth-order valence-electron chi connectivity index (χ4n) is 0.728. The third-order valence-electron chi connectivity index (χ3n) is 1.15. The van der Waals surface area contributed by atoms with Gasteiger partial charge in [0.2, 0.25) is 0 Å². The molecule has 0 bridgehead atoms. The zero-order valence-electron chi connectivity index (χ0n) is 5.63. The predicted molar refractivity (Wildman–Crippen MR) is 33.9 cm³/mol. The van der Waals surface area contributed by atoms with Crippen LogP contribution in [-0.4, -0.2) is 15.0 Å². The number of nitrogens with zero attached hydrogens (tertiary/aromatic N) is 2. The molecule has 1 N–H and O–H groups in total. The van der Waals surface area contributed by atoms with E-state index in [1.54, 1.807) is 12.5 Å². The second-order valence-corrected chi connectivity index (χ2v) is 1.71. The first kappa shape index (κ1) is 3.61. The third kappa shape index (κ3) is 0.579. The van der Waals surface area contributed by atoms with E-state index in [2.05, 4.69) is 15.0 Å². The van der Waals surface area contributed by atoms with Gasteiger partial charge in [-0.3, -0.25) is 4.98 Å². The number of nitrogens with one attached hydrogen (secondary N) is 1. The fourth-order valence-corrected chi connectivity index (χ4v) is 0.728. The quantitative estimate of drug-likeness (QED) is 0.562. The number of rotatable bonds is 0. The molecule has 0 atom stereocenters. The lowest BCUT2D eigenvalue weighted by molar-refractivity contribution is 1.33. The van der Waals surface area contributed by atoms with Crippen molar-refractivity contribution in [1.82, 2.24) is 15.0 Å². The van der Waals surface area contributed by atoms with Gasteiger partial charge in [0.1, 0.15) is 5.52 Å². The number of hydrogen-bond acceptors (Lipinski definition) is 2. The van der Waals surface area contributed by atoms with E-state index in [0.717, 1.165) is 11.0 Å². The number of aromatic amines is 1. The highest BCUT2D eigenvalue weighted by Crippen LogP contribution is 2.03. The van der Waals surface area contributed by atoms with E-state index in [1.807, 2.05) is 0 Å². The van der Waals surface area contributed by atoms with Gasteiger partial charge < -0.3 is 4.98 Å². The van der Waals surface area contributed by atoms with Crippen LogP contribution < -0.4 is 0 Å². The number of fused-ring (bicyclic) bond motifs is 1. The largest absolute Gasteiger partial charge is 0.345 e. The highest BCUT2D eigenvalue weighted by molar-refractivity contribution is 5.72. The smallest absolute Gasteiger partial charge is 0.107 e. The summed E-state index contributed by atoms with van der Waals surface area (Å²) in [5, 5.41) is 0. The molecule has 3 nitrogen and oxygen atoms in total. The third-order valence-corrected chi connectivity index (χ3v) is 1.15. The summed E-state index contributed by atoms with van der Waals surface area (Å²) < 4.78 is 7.35. The van der Waals surface area contributed by atoms with Gasteiger partial charge in [-0.1, -0.05) is 0 Å². The average molecular weight is 120 g/mol. The normalized spacial score (nSPS) is 11.8. The molecule has 0 saturated carbocycles. The van der Waals surface area contributed by atoms with Gasteiger partial charge in [-0.05, 0) is 6.04 Å². The molecule has 0 fully saturated rings. The first-order valence-corrected chi connectivity index (χ1v) is 2.61. The van der Waals surface area contributed by atoms with Crippen molar-refractivity contribution in [2.75, 3.05) is 0 Å². The molecule has 0 aromatic carbocycles. The fraction of sp³-hybridized carbons (Fsp3) is 0. The monoisotopic (exact) mass is 120 g/mol. The summed E-state index contributed by atoms with van der Waals surface area (Å²) in [4.78, 5) is 10.6. The van der Waals surface area contributed by atoms with Crippen LogP contribution in [0.4, 0.5) is 0 Å². The molecular formula is C6H5N3. The summed E-state index contributed by atoms with van der Waals surface area (Å²) in [6.07, 6.45) is 4.68. The number of aromatic nitrogens is 3. The van der Waals surface area contributed by atoms with Gasteiger partial charge in [-0.25, -0.2) is 4.98 Å². The van der Waals surface area contributed by atoms with Gasteiger partial charge in [-0.2, -0.15) is 0 Å². The molecule has 0 aliphatic rings. The lowest BCUT2D eigenvalue weighted by Gasteiger charge is -1.80. The van der Waals surface area contributed by atoms with E-state index < -0.39 is 0 Å². The molecule has 0 aliphatic carbocycles. The van der Waals surface area contributed by atoms with Crippen LogP contribution in [0.15, 0.2) is 24.8 Å². The molecule has 0 spiro atoms. The molecule has 44 valence electrons. The maximum atomic E-state index is 7.35. The molecule has 0 saturated heterocycles. The summed E-state index contributed by atoms with van der Waals surface area (Å²) in [5.74, 6) is 0. The highest BCUT2D eigenvalue weighted by Gasteiger charge is 1.89. The van der Waals surface area contributed by atoms with Crippen molar-refractivity contribution in [2.24, 2.45) is 0 Å². The highest BCUT2D eigenvalue weighted by atomic mass is 14.9. The molecule has 2 aromatic heterocycles. The molecule has 0 amide bonds. The minimum atomic E-state index is 0.384. The van der Waals surface area contributed by atoms with Crippen LogP contribution in [0.2, 0.25) is 0 Å². The van der Waals surface area contributed by atoms with Crippen LogP contribution in [0.25, 0.3) is 11.0 Å². The molecule has 3 heteroatoms. The zero-order valence-corrected chi connectivity index (χ0v) is 4.63. The Morgan fingerprint density at radius 1 is 1.67 bits per heavy atom. The summed E-state index contributed by atoms with van der Waals surface area (Å²) in [7, 11) is 0. The number of pyridine rings is 1. The van der Waals surface area contributed by atoms with E-state index in [1.165, 1.54) is 6.20 Å².